The van der Waals surface area contributed by atoms with Crippen LogP contribution < -0.4 is 0 Å². The maximum absolute atomic E-state index is 11.3. The molecule has 0 bridgehead atoms. The molecule has 86 valence electrons. The first kappa shape index (κ1) is 9.48. The van der Waals surface area contributed by atoms with Gasteiger partial charge in [0.25, 0.3) is 0 Å². The van der Waals surface area contributed by atoms with Crippen LogP contribution in [-0.4, -0.2) is 16.1 Å². The predicted molar refractivity (Wildman–Crippen MR) is 69.7 cm³/mol. The van der Waals surface area contributed by atoms with Crippen LogP contribution in [0.25, 0.3) is 33.2 Å². The monoisotopic (exact) mass is 235 g/mol. The van der Waals surface area contributed by atoms with E-state index in [-0.39, 0.29) is 0 Å². The van der Waals surface area contributed by atoms with Crippen LogP contribution in [0.2, 0.25) is 0 Å². The first-order valence-corrected chi connectivity index (χ1v) is 5.74. The first-order chi connectivity index (χ1) is 8.77. The Morgan fingerprint density at radius 3 is 2.50 bits per heavy atom. The maximum Gasteiger partial charge on any atom is 0.337 e. The fraction of sp³-hybridized carbons (Fsp3) is 0. The van der Waals surface area contributed by atoms with Crippen molar-refractivity contribution >= 4 is 16.7 Å². The van der Waals surface area contributed by atoms with Gasteiger partial charge in [0, 0.05) is 17.3 Å². The van der Waals surface area contributed by atoms with Crippen LogP contribution in [0.4, 0.5) is 0 Å². The number of aromatic amines is 1. The number of carboxylic acids is 1. The molecule has 3 heteroatoms. The number of nitrogens with one attached hydrogen (secondary N) is 1. The molecule has 0 radical (unpaired) electrons. The second-order valence-corrected chi connectivity index (χ2v) is 4.47. The van der Waals surface area contributed by atoms with Gasteiger partial charge in [0.15, 0.2) is 0 Å². The SMILES string of the molecule is O=C(O)c1c[nH]c2c1-c1cccc3cccc-2c13. The number of H-pyrrole nitrogens is 1. The van der Waals surface area contributed by atoms with Gasteiger partial charge >= 0.3 is 5.97 Å². The molecular formula is C15H9NO2. The molecule has 18 heavy (non-hydrogen) atoms. The average molecular weight is 235 g/mol. The molecule has 0 aliphatic heterocycles. The van der Waals surface area contributed by atoms with Crippen molar-refractivity contribution in [2.45, 2.75) is 0 Å². The minimum absolute atomic E-state index is 0.341. The Morgan fingerprint density at radius 1 is 1.06 bits per heavy atom. The van der Waals surface area contributed by atoms with Gasteiger partial charge in [0.2, 0.25) is 0 Å². The number of hydrogen-bond donors (Lipinski definition) is 2. The second-order valence-electron chi connectivity index (χ2n) is 4.47. The van der Waals surface area contributed by atoms with Gasteiger partial charge in [-0.1, -0.05) is 36.4 Å². The third-order valence-electron chi connectivity index (χ3n) is 3.55. The lowest BCUT2D eigenvalue weighted by molar-refractivity contribution is 0.0698. The van der Waals surface area contributed by atoms with E-state index in [2.05, 4.69) is 17.1 Å². The summed E-state index contributed by atoms with van der Waals surface area (Å²) in [6.45, 7) is 0. The van der Waals surface area contributed by atoms with Crippen molar-refractivity contribution in [1.29, 1.82) is 0 Å². The quantitative estimate of drug-likeness (QED) is 0.530. The van der Waals surface area contributed by atoms with Gasteiger partial charge in [0.1, 0.15) is 0 Å². The van der Waals surface area contributed by atoms with E-state index in [1.165, 1.54) is 0 Å². The van der Waals surface area contributed by atoms with Crippen LogP contribution in [0.3, 0.4) is 0 Å². The normalized spacial score (nSPS) is 11.8. The molecule has 0 saturated carbocycles. The van der Waals surface area contributed by atoms with Gasteiger partial charge < -0.3 is 10.1 Å². The molecule has 1 aliphatic carbocycles. The van der Waals surface area contributed by atoms with Gasteiger partial charge in [-0.25, -0.2) is 4.79 Å². The molecule has 0 saturated heterocycles. The molecule has 3 aromatic rings. The highest BCUT2D eigenvalue weighted by atomic mass is 16.4. The minimum Gasteiger partial charge on any atom is -0.478 e. The van der Waals surface area contributed by atoms with Crippen molar-refractivity contribution < 1.29 is 9.90 Å². The van der Waals surface area contributed by atoms with E-state index in [0.29, 0.717) is 5.56 Å². The molecule has 0 atom stereocenters. The lowest BCUT2D eigenvalue weighted by Crippen LogP contribution is -1.95. The first-order valence-electron chi connectivity index (χ1n) is 5.74. The summed E-state index contributed by atoms with van der Waals surface area (Å²) in [5.41, 5.74) is 4.17. The van der Waals surface area contributed by atoms with Crippen LogP contribution in [-0.2, 0) is 0 Å². The average Bonchev–Trinajstić information content (AvgIpc) is 2.92. The van der Waals surface area contributed by atoms with E-state index in [1.54, 1.807) is 6.20 Å². The van der Waals surface area contributed by atoms with Crippen LogP contribution in [0.15, 0.2) is 42.6 Å². The van der Waals surface area contributed by atoms with E-state index in [0.717, 1.165) is 33.2 Å². The molecule has 2 N–H and O–H groups in total. The Balaban J connectivity index is 2.22. The van der Waals surface area contributed by atoms with E-state index < -0.39 is 5.97 Å². The smallest absolute Gasteiger partial charge is 0.337 e. The Labute approximate surface area is 103 Å². The summed E-state index contributed by atoms with van der Waals surface area (Å²) in [5.74, 6) is -0.891. The van der Waals surface area contributed by atoms with Crippen LogP contribution in [0, 0.1) is 0 Å². The summed E-state index contributed by atoms with van der Waals surface area (Å²) in [7, 11) is 0. The van der Waals surface area contributed by atoms with Crippen molar-refractivity contribution in [3.8, 4) is 22.4 Å². The Morgan fingerprint density at radius 2 is 1.78 bits per heavy atom. The zero-order valence-corrected chi connectivity index (χ0v) is 9.40. The molecular weight excluding hydrogens is 226 g/mol. The molecule has 4 rings (SSSR count). The van der Waals surface area contributed by atoms with E-state index in [1.807, 2.05) is 24.3 Å². The standard InChI is InChI=1S/C15H9NO2/c17-15(18)11-7-16-14-10-6-2-4-8-3-1-5-9(12(8)10)13(11)14/h1-7,16H,(H,17,18). The van der Waals surface area contributed by atoms with Crippen molar-refractivity contribution in [3.63, 3.8) is 0 Å². The number of benzene rings is 2. The number of fused-ring (bicyclic) bond motifs is 3. The molecule has 1 aromatic heterocycles. The summed E-state index contributed by atoms with van der Waals surface area (Å²) >= 11 is 0. The highest BCUT2D eigenvalue weighted by Crippen LogP contribution is 2.47. The van der Waals surface area contributed by atoms with Gasteiger partial charge in [-0.2, -0.15) is 0 Å². The molecule has 0 amide bonds. The molecule has 1 heterocycles. The predicted octanol–water partition coefficient (Wildman–Crippen LogP) is 3.51. The Kier molecular flexibility index (Phi) is 1.59. The topological polar surface area (TPSA) is 53.1 Å². The van der Waals surface area contributed by atoms with E-state index >= 15 is 0 Å². The van der Waals surface area contributed by atoms with Gasteiger partial charge in [-0.15, -0.1) is 0 Å². The highest BCUT2D eigenvalue weighted by molar-refractivity contribution is 6.18. The van der Waals surface area contributed by atoms with Crippen molar-refractivity contribution in [1.82, 2.24) is 4.98 Å². The summed E-state index contributed by atoms with van der Waals surface area (Å²) in [6, 6.07) is 12.1. The van der Waals surface area contributed by atoms with Crippen LogP contribution >= 0.6 is 0 Å². The van der Waals surface area contributed by atoms with Crippen molar-refractivity contribution in [2.24, 2.45) is 0 Å². The second kappa shape index (κ2) is 3.01. The van der Waals surface area contributed by atoms with Crippen molar-refractivity contribution in [2.75, 3.05) is 0 Å². The largest absolute Gasteiger partial charge is 0.478 e. The molecule has 2 aromatic carbocycles. The van der Waals surface area contributed by atoms with E-state index in [9.17, 15) is 9.90 Å². The molecule has 0 spiro atoms. The molecule has 3 nitrogen and oxygen atoms in total. The van der Waals surface area contributed by atoms with Crippen LogP contribution in [0.5, 0.6) is 0 Å². The third kappa shape index (κ3) is 0.966. The van der Waals surface area contributed by atoms with Gasteiger partial charge in [-0.3, -0.25) is 0 Å². The third-order valence-corrected chi connectivity index (χ3v) is 3.55. The van der Waals surface area contributed by atoms with Gasteiger partial charge in [0.05, 0.1) is 11.3 Å². The number of aromatic nitrogens is 1. The summed E-state index contributed by atoms with van der Waals surface area (Å²) in [5, 5.41) is 11.5. The lowest BCUT2D eigenvalue weighted by Gasteiger charge is -2.02. The molecule has 0 unspecified atom stereocenters. The number of rotatable bonds is 1. The van der Waals surface area contributed by atoms with Crippen LogP contribution in [0.1, 0.15) is 10.4 Å². The molecule has 1 aliphatic rings. The number of carbonyl (C=O) groups is 1. The van der Waals surface area contributed by atoms with Crippen molar-refractivity contribution in [3.05, 3.63) is 48.2 Å². The minimum atomic E-state index is -0.891. The highest BCUT2D eigenvalue weighted by Gasteiger charge is 2.27. The summed E-state index contributed by atoms with van der Waals surface area (Å²) in [4.78, 5) is 14.4. The zero-order valence-electron chi connectivity index (χ0n) is 9.40. The lowest BCUT2D eigenvalue weighted by atomic mass is 10.0. The number of aromatic carboxylic acids is 1. The summed E-state index contributed by atoms with van der Waals surface area (Å²) in [6.07, 6.45) is 1.57. The number of hydrogen-bond acceptors (Lipinski definition) is 1. The molecule has 0 fully saturated rings. The summed E-state index contributed by atoms with van der Waals surface area (Å²) < 4.78 is 0. The van der Waals surface area contributed by atoms with Gasteiger partial charge in [-0.05, 0) is 16.3 Å². The zero-order chi connectivity index (χ0) is 12.3. The fourth-order valence-corrected chi connectivity index (χ4v) is 2.84. The number of carboxylic acid groups (broad SMARTS) is 1. The maximum atomic E-state index is 11.3. The Hall–Kier alpha value is -2.55. The fourth-order valence-electron chi connectivity index (χ4n) is 2.84. The van der Waals surface area contributed by atoms with E-state index in [4.69, 9.17) is 0 Å². The Bertz CT molecular complexity index is 809.